The first-order chi connectivity index (χ1) is 10.1. The van der Waals surface area contributed by atoms with Crippen molar-refractivity contribution in [2.75, 3.05) is 5.32 Å². The Labute approximate surface area is 117 Å². The van der Waals surface area contributed by atoms with Crippen molar-refractivity contribution in [3.8, 4) is 0 Å². The van der Waals surface area contributed by atoms with E-state index in [1.165, 1.54) is 10.5 Å². The number of hydrogen-bond acceptors (Lipinski definition) is 5. The highest BCUT2D eigenvalue weighted by molar-refractivity contribution is 5.91. The van der Waals surface area contributed by atoms with Gasteiger partial charge in [0.25, 0.3) is 5.56 Å². The molecule has 0 unspecified atom stereocenters. The fourth-order valence-corrected chi connectivity index (χ4v) is 1.96. The Hall–Kier alpha value is -2.96. The van der Waals surface area contributed by atoms with Crippen LogP contribution in [-0.2, 0) is 4.79 Å². The fourth-order valence-electron chi connectivity index (χ4n) is 1.96. The van der Waals surface area contributed by atoms with E-state index in [4.69, 9.17) is 4.42 Å². The third kappa shape index (κ3) is 2.18. The lowest BCUT2D eigenvalue weighted by Gasteiger charge is -2.04. The SMILES string of the molecule is CCC(=O)Nc1cc2c(=O)n3ccccc3nc2oc1=O. The average molecular weight is 285 g/mol. The smallest absolute Gasteiger partial charge is 0.361 e. The van der Waals surface area contributed by atoms with Crippen LogP contribution >= 0.6 is 0 Å². The molecule has 0 atom stereocenters. The molecule has 7 nitrogen and oxygen atoms in total. The lowest BCUT2D eigenvalue weighted by molar-refractivity contribution is -0.115. The lowest BCUT2D eigenvalue weighted by Crippen LogP contribution is -2.20. The van der Waals surface area contributed by atoms with Gasteiger partial charge in [0.05, 0.1) is 0 Å². The van der Waals surface area contributed by atoms with Gasteiger partial charge in [-0.1, -0.05) is 13.0 Å². The minimum Gasteiger partial charge on any atom is -0.402 e. The highest BCUT2D eigenvalue weighted by Crippen LogP contribution is 2.11. The number of hydrogen-bond donors (Lipinski definition) is 1. The molecule has 0 aliphatic heterocycles. The monoisotopic (exact) mass is 285 g/mol. The van der Waals surface area contributed by atoms with E-state index in [0.717, 1.165) is 0 Å². The van der Waals surface area contributed by atoms with Crippen LogP contribution in [-0.4, -0.2) is 15.3 Å². The molecule has 3 heterocycles. The predicted molar refractivity (Wildman–Crippen MR) is 76.4 cm³/mol. The summed E-state index contributed by atoms with van der Waals surface area (Å²) in [6.45, 7) is 1.65. The van der Waals surface area contributed by atoms with Gasteiger partial charge in [-0.15, -0.1) is 0 Å². The van der Waals surface area contributed by atoms with Gasteiger partial charge in [-0.25, -0.2) is 4.79 Å². The molecular formula is C14H11N3O4. The van der Waals surface area contributed by atoms with Crippen molar-refractivity contribution in [1.29, 1.82) is 0 Å². The van der Waals surface area contributed by atoms with E-state index in [2.05, 4.69) is 10.3 Å². The molecule has 7 heteroatoms. The maximum Gasteiger partial charge on any atom is 0.361 e. The zero-order valence-corrected chi connectivity index (χ0v) is 11.1. The summed E-state index contributed by atoms with van der Waals surface area (Å²) in [5.41, 5.74) is -0.846. The normalized spacial score (nSPS) is 10.9. The average Bonchev–Trinajstić information content (AvgIpc) is 2.49. The molecule has 0 aliphatic rings. The summed E-state index contributed by atoms with van der Waals surface area (Å²) >= 11 is 0. The Morgan fingerprint density at radius 1 is 1.38 bits per heavy atom. The molecule has 1 amide bonds. The highest BCUT2D eigenvalue weighted by Gasteiger charge is 2.12. The molecule has 21 heavy (non-hydrogen) atoms. The first kappa shape index (κ1) is 13.0. The summed E-state index contributed by atoms with van der Waals surface area (Å²) in [6, 6.07) is 6.35. The van der Waals surface area contributed by atoms with E-state index in [0.29, 0.717) is 5.65 Å². The van der Waals surface area contributed by atoms with Gasteiger partial charge in [0.1, 0.15) is 16.7 Å². The van der Waals surface area contributed by atoms with Gasteiger partial charge >= 0.3 is 5.63 Å². The van der Waals surface area contributed by atoms with E-state index >= 15 is 0 Å². The molecule has 0 aromatic carbocycles. The molecule has 3 aromatic heterocycles. The summed E-state index contributed by atoms with van der Waals surface area (Å²) < 4.78 is 6.37. The van der Waals surface area contributed by atoms with Gasteiger partial charge in [-0.2, -0.15) is 4.98 Å². The van der Waals surface area contributed by atoms with Crippen LogP contribution in [0.5, 0.6) is 0 Å². The second-order valence-corrected chi connectivity index (χ2v) is 4.41. The van der Waals surface area contributed by atoms with Gasteiger partial charge in [0, 0.05) is 12.6 Å². The van der Waals surface area contributed by atoms with Gasteiger partial charge < -0.3 is 9.73 Å². The summed E-state index contributed by atoms with van der Waals surface area (Å²) in [5, 5.41) is 2.54. The quantitative estimate of drug-likeness (QED) is 0.713. The number of fused-ring (bicyclic) bond motifs is 2. The van der Waals surface area contributed by atoms with E-state index in [9.17, 15) is 14.4 Å². The molecule has 3 aromatic rings. The maximum absolute atomic E-state index is 12.4. The molecule has 0 aliphatic carbocycles. The minimum atomic E-state index is -0.739. The third-order valence-electron chi connectivity index (χ3n) is 3.03. The van der Waals surface area contributed by atoms with Crippen LogP contribution in [0, 0.1) is 0 Å². The number of rotatable bonds is 2. The molecular weight excluding hydrogens is 274 g/mol. The third-order valence-corrected chi connectivity index (χ3v) is 3.03. The zero-order valence-electron chi connectivity index (χ0n) is 11.1. The Kier molecular flexibility index (Phi) is 3.02. The van der Waals surface area contributed by atoms with Crippen molar-refractivity contribution in [1.82, 2.24) is 9.38 Å². The minimum absolute atomic E-state index is 0.0503. The van der Waals surface area contributed by atoms with E-state index in [1.807, 2.05) is 0 Å². The molecule has 1 N–H and O–H groups in total. The van der Waals surface area contributed by atoms with E-state index in [-0.39, 0.29) is 34.7 Å². The van der Waals surface area contributed by atoms with E-state index < -0.39 is 5.63 Å². The summed E-state index contributed by atoms with van der Waals surface area (Å²) in [7, 11) is 0. The van der Waals surface area contributed by atoms with Crippen LogP contribution in [0.25, 0.3) is 16.7 Å². The number of nitrogens with zero attached hydrogens (tertiary/aromatic N) is 2. The van der Waals surface area contributed by atoms with E-state index in [1.54, 1.807) is 31.3 Å². The largest absolute Gasteiger partial charge is 0.402 e. The Bertz CT molecular complexity index is 971. The predicted octanol–water partition coefficient (Wildman–Crippen LogP) is 1.15. The van der Waals surface area contributed by atoms with Crippen LogP contribution < -0.4 is 16.5 Å². The number of carbonyl (C=O) groups excluding carboxylic acids is 1. The van der Waals surface area contributed by atoms with Gasteiger partial charge in [-0.3, -0.25) is 14.0 Å². The number of pyridine rings is 1. The first-order valence-electron chi connectivity index (χ1n) is 6.35. The number of carbonyl (C=O) groups is 1. The Morgan fingerprint density at radius 3 is 2.95 bits per heavy atom. The van der Waals surface area contributed by atoms with Crippen LogP contribution in [0.15, 0.2) is 44.5 Å². The van der Waals surface area contributed by atoms with Crippen molar-refractivity contribution in [2.24, 2.45) is 0 Å². The zero-order chi connectivity index (χ0) is 15.0. The molecule has 3 rings (SSSR count). The van der Waals surface area contributed by atoms with Crippen LogP contribution in [0.2, 0.25) is 0 Å². The second-order valence-electron chi connectivity index (χ2n) is 4.41. The Morgan fingerprint density at radius 2 is 2.19 bits per heavy atom. The molecule has 0 fully saturated rings. The number of anilines is 1. The molecule has 0 saturated carbocycles. The standard InChI is InChI=1S/C14H11N3O4/c1-2-11(18)15-9-7-8-12(21-14(9)20)16-10-5-3-4-6-17(10)13(8)19/h3-7H,2H2,1H3,(H,15,18). The number of nitrogens with one attached hydrogen (secondary N) is 1. The topological polar surface area (TPSA) is 93.7 Å². The van der Waals surface area contributed by atoms with Crippen LogP contribution in [0.4, 0.5) is 5.69 Å². The summed E-state index contributed by atoms with van der Waals surface area (Å²) in [5.74, 6) is -0.337. The van der Waals surface area contributed by atoms with Crippen molar-refractivity contribution in [3.63, 3.8) is 0 Å². The maximum atomic E-state index is 12.4. The van der Waals surface area contributed by atoms with Gasteiger partial charge in [0.15, 0.2) is 0 Å². The fraction of sp³-hybridized carbons (Fsp3) is 0.143. The first-order valence-corrected chi connectivity index (χ1v) is 6.35. The van der Waals surface area contributed by atoms with Crippen molar-refractivity contribution in [2.45, 2.75) is 13.3 Å². The summed E-state index contributed by atoms with van der Waals surface area (Å²) in [6.07, 6.45) is 1.78. The second kappa shape index (κ2) is 4.86. The molecule has 0 spiro atoms. The van der Waals surface area contributed by atoms with Crippen LogP contribution in [0.3, 0.4) is 0 Å². The molecule has 106 valence electrons. The lowest BCUT2D eigenvalue weighted by atomic mass is 10.3. The van der Waals surface area contributed by atoms with Crippen LogP contribution in [0.1, 0.15) is 13.3 Å². The van der Waals surface area contributed by atoms with Crippen molar-refractivity contribution in [3.05, 3.63) is 51.2 Å². The van der Waals surface area contributed by atoms with Gasteiger partial charge in [0.2, 0.25) is 11.6 Å². The molecule has 0 saturated heterocycles. The Balaban J connectivity index is 2.32. The van der Waals surface area contributed by atoms with Crippen molar-refractivity contribution < 1.29 is 9.21 Å². The number of aromatic nitrogens is 2. The molecule has 0 radical (unpaired) electrons. The molecule has 0 bridgehead atoms. The number of amides is 1. The van der Waals surface area contributed by atoms with Crippen molar-refractivity contribution >= 4 is 28.3 Å². The summed E-state index contributed by atoms with van der Waals surface area (Å²) in [4.78, 5) is 39.7. The van der Waals surface area contributed by atoms with Gasteiger partial charge in [-0.05, 0) is 18.2 Å². The highest BCUT2D eigenvalue weighted by atomic mass is 16.4.